The van der Waals surface area contributed by atoms with Crippen molar-refractivity contribution in [1.29, 1.82) is 0 Å². The van der Waals surface area contributed by atoms with E-state index in [1.54, 1.807) is 0 Å². The van der Waals surface area contributed by atoms with Gasteiger partial charge in [0.25, 0.3) is 0 Å². The quantitative estimate of drug-likeness (QED) is 0.297. The molecular weight excluding hydrogens is 404 g/mol. The van der Waals surface area contributed by atoms with E-state index in [2.05, 4.69) is 18.2 Å². The highest BCUT2D eigenvalue weighted by atomic mass is 16.5. The maximum atomic E-state index is 11.4. The lowest BCUT2D eigenvalue weighted by molar-refractivity contribution is 0.306. The number of hydrogen-bond acceptors (Lipinski definition) is 2. The lowest BCUT2D eigenvalue weighted by Gasteiger charge is -2.16. The van der Waals surface area contributed by atoms with Crippen molar-refractivity contribution in [2.45, 2.75) is 6.61 Å². The molecule has 0 unspecified atom stereocenters. The van der Waals surface area contributed by atoms with Crippen LogP contribution in [0, 0.1) is 0 Å². The van der Waals surface area contributed by atoms with Gasteiger partial charge in [-0.05, 0) is 46.0 Å². The Bertz CT molecular complexity index is 1330. The topological polar surface area (TPSA) is 29.5 Å². The van der Waals surface area contributed by atoms with Gasteiger partial charge in [0.1, 0.15) is 18.1 Å². The summed E-state index contributed by atoms with van der Waals surface area (Å²) in [5.74, 6) is 1.10. The third-order valence-corrected chi connectivity index (χ3v) is 5.74. The average molecular weight is 429 g/mol. The van der Waals surface area contributed by atoms with Crippen LogP contribution in [-0.4, -0.2) is 5.11 Å². The Kier molecular flexibility index (Phi) is 5.90. The van der Waals surface area contributed by atoms with Gasteiger partial charge in [-0.1, -0.05) is 109 Å². The Morgan fingerprint density at radius 3 is 1.64 bits per heavy atom. The monoisotopic (exact) mass is 428 g/mol. The predicted octanol–water partition coefficient (Wildman–Crippen LogP) is 7.97. The highest BCUT2D eigenvalue weighted by molar-refractivity contribution is 5.93. The maximum absolute atomic E-state index is 11.4. The van der Waals surface area contributed by atoms with Crippen molar-refractivity contribution >= 4 is 0 Å². The fourth-order valence-corrected chi connectivity index (χ4v) is 4.05. The van der Waals surface area contributed by atoms with E-state index < -0.39 is 0 Å². The summed E-state index contributed by atoms with van der Waals surface area (Å²) in [4.78, 5) is 0. The second-order valence-electron chi connectivity index (χ2n) is 7.91. The van der Waals surface area contributed by atoms with Crippen LogP contribution in [0.4, 0.5) is 0 Å². The standard InChI is InChI=1S/C31H24O2/c32-31-29(24-12-6-2-7-13-24)21-20-28(30(31)26-14-8-3-9-15-26)25-16-18-27(19-17-25)33-22-23-10-4-1-5-11-23/h1-21,32H,22H2. The van der Waals surface area contributed by atoms with Crippen LogP contribution in [0.25, 0.3) is 33.4 Å². The molecule has 1 N–H and O–H groups in total. The zero-order valence-electron chi connectivity index (χ0n) is 18.2. The zero-order chi connectivity index (χ0) is 22.5. The summed E-state index contributed by atoms with van der Waals surface area (Å²) in [6.45, 7) is 0.530. The van der Waals surface area contributed by atoms with E-state index in [-0.39, 0.29) is 5.75 Å². The second kappa shape index (κ2) is 9.46. The Balaban J connectivity index is 1.51. The van der Waals surface area contributed by atoms with Crippen molar-refractivity contribution in [2.75, 3.05) is 0 Å². The normalized spacial score (nSPS) is 10.7. The molecule has 160 valence electrons. The van der Waals surface area contributed by atoms with Crippen LogP contribution in [0.1, 0.15) is 5.56 Å². The molecule has 0 aliphatic carbocycles. The molecule has 0 spiro atoms. The van der Waals surface area contributed by atoms with Gasteiger partial charge in [-0.3, -0.25) is 0 Å². The number of hydrogen-bond donors (Lipinski definition) is 1. The van der Waals surface area contributed by atoms with Gasteiger partial charge in [0, 0.05) is 11.1 Å². The molecule has 0 aromatic heterocycles. The molecule has 0 fully saturated rings. The van der Waals surface area contributed by atoms with Crippen molar-refractivity contribution < 1.29 is 9.84 Å². The van der Waals surface area contributed by atoms with Crippen LogP contribution < -0.4 is 4.74 Å². The van der Waals surface area contributed by atoms with Crippen LogP contribution in [0.3, 0.4) is 0 Å². The molecule has 2 nitrogen and oxygen atoms in total. The molecule has 5 rings (SSSR count). The first-order valence-electron chi connectivity index (χ1n) is 11.0. The number of phenolic OH excluding ortho intramolecular Hbond substituents is 1. The van der Waals surface area contributed by atoms with Crippen LogP contribution in [-0.2, 0) is 6.61 Å². The first-order chi connectivity index (χ1) is 16.3. The molecule has 0 saturated heterocycles. The van der Waals surface area contributed by atoms with Gasteiger partial charge >= 0.3 is 0 Å². The van der Waals surface area contributed by atoms with E-state index in [9.17, 15) is 5.11 Å². The van der Waals surface area contributed by atoms with Crippen LogP contribution in [0.2, 0.25) is 0 Å². The summed E-state index contributed by atoms with van der Waals surface area (Å²) in [6.07, 6.45) is 0. The average Bonchev–Trinajstić information content (AvgIpc) is 2.89. The highest BCUT2D eigenvalue weighted by Crippen LogP contribution is 2.44. The molecule has 2 heteroatoms. The van der Waals surface area contributed by atoms with Gasteiger partial charge in [0.05, 0.1) is 0 Å². The smallest absolute Gasteiger partial charge is 0.131 e. The van der Waals surface area contributed by atoms with Crippen LogP contribution in [0.15, 0.2) is 127 Å². The number of phenols is 1. The second-order valence-corrected chi connectivity index (χ2v) is 7.91. The van der Waals surface area contributed by atoms with Gasteiger partial charge in [0.2, 0.25) is 0 Å². The molecule has 0 aliphatic heterocycles. The van der Waals surface area contributed by atoms with E-state index in [1.807, 2.05) is 109 Å². The van der Waals surface area contributed by atoms with Gasteiger partial charge in [-0.15, -0.1) is 0 Å². The van der Waals surface area contributed by atoms with Crippen molar-refractivity contribution in [3.05, 3.63) is 133 Å². The maximum Gasteiger partial charge on any atom is 0.131 e. The molecule has 0 atom stereocenters. The summed E-state index contributed by atoms with van der Waals surface area (Å²) in [7, 11) is 0. The minimum atomic E-state index is 0.286. The summed E-state index contributed by atoms with van der Waals surface area (Å²) in [6, 6.07) is 42.3. The first kappa shape index (κ1) is 20.6. The van der Waals surface area contributed by atoms with E-state index in [0.29, 0.717) is 6.61 Å². The molecule has 33 heavy (non-hydrogen) atoms. The molecule has 0 saturated carbocycles. The Labute approximate surface area is 194 Å². The third-order valence-electron chi connectivity index (χ3n) is 5.74. The SMILES string of the molecule is Oc1c(-c2ccccc2)ccc(-c2ccc(OCc3ccccc3)cc2)c1-c1ccccc1. The molecule has 5 aromatic carbocycles. The lowest BCUT2D eigenvalue weighted by Crippen LogP contribution is -1.95. The largest absolute Gasteiger partial charge is 0.507 e. The van der Waals surface area contributed by atoms with E-state index in [0.717, 1.165) is 44.7 Å². The van der Waals surface area contributed by atoms with Gasteiger partial charge in [0.15, 0.2) is 0 Å². The number of benzene rings is 5. The molecular formula is C31H24O2. The Morgan fingerprint density at radius 2 is 1.00 bits per heavy atom. The highest BCUT2D eigenvalue weighted by Gasteiger charge is 2.17. The Morgan fingerprint density at radius 1 is 0.485 bits per heavy atom. The van der Waals surface area contributed by atoms with Crippen molar-refractivity contribution in [3.8, 4) is 44.9 Å². The van der Waals surface area contributed by atoms with Crippen molar-refractivity contribution in [1.82, 2.24) is 0 Å². The minimum Gasteiger partial charge on any atom is -0.507 e. The van der Waals surface area contributed by atoms with Crippen molar-refractivity contribution in [3.63, 3.8) is 0 Å². The summed E-state index contributed by atoms with van der Waals surface area (Å²) < 4.78 is 5.95. The molecule has 0 radical (unpaired) electrons. The molecule has 0 aliphatic rings. The van der Waals surface area contributed by atoms with E-state index >= 15 is 0 Å². The Hall–Kier alpha value is -4.30. The van der Waals surface area contributed by atoms with Crippen molar-refractivity contribution in [2.24, 2.45) is 0 Å². The molecule has 5 aromatic rings. The molecule has 0 heterocycles. The molecule has 0 bridgehead atoms. The fourth-order valence-electron chi connectivity index (χ4n) is 4.05. The summed E-state index contributed by atoms with van der Waals surface area (Å²) >= 11 is 0. The lowest BCUT2D eigenvalue weighted by atomic mass is 9.90. The van der Waals surface area contributed by atoms with E-state index in [4.69, 9.17) is 4.74 Å². The minimum absolute atomic E-state index is 0.286. The predicted molar refractivity (Wildman–Crippen MR) is 135 cm³/mol. The fraction of sp³-hybridized carbons (Fsp3) is 0.0323. The van der Waals surface area contributed by atoms with Gasteiger partial charge < -0.3 is 9.84 Å². The number of rotatable bonds is 6. The van der Waals surface area contributed by atoms with Crippen LogP contribution in [0.5, 0.6) is 11.5 Å². The number of aromatic hydroxyl groups is 1. The number of ether oxygens (including phenoxy) is 1. The molecule has 0 amide bonds. The zero-order valence-corrected chi connectivity index (χ0v) is 18.2. The summed E-state index contributed by atoms with van der Waals surface area (Å²) in [5.41, 5.74) is 6.75. The third kappa shape index (κ3) is 4.51. The summed E-state index contributed by atoms with van der Waals surface area (Å²) in [5, 5.41) is 11.4. The first-order valence-corrected chi connectivity index (χ1v) is 11.0. The van der Waals surface area contributed by atoms with E-state index in [1.165, 1.54) is 0 Å². The van der Waals surface area contributed by atoms with Crippen LogP contribution >= 0.6 is 0 Å². The van der Waals surface area contributed by atoms with Gasteiger partial charge in [-0.25, -0.2) is 0 Å². The van der Waals surface area contributed by atoms with Gasteiger partial charge in [-0.2, -0.15) is 0 Å².